The molecule has 1 aromatic heterocycles. The quantitative estimate of drug-likeness (QED) is 0.853. The van der Waals surface area contributed by atoms with Gasteiger partial charge < -0.3 is 9.84 Å². The number of nitrogens with one attached hydrogen (secondary N) is 1. The van der Waals surface area contributed by atoms with Crippen molar-refractivity contribution in [1.29, 1.82) is 0 Å². The average Bonchev–Trinajstić information content (AvgIpc) is 2.82. The summed E-state index contributed by atoms with van der Waals surface area (Å²) in [6.07, 6.45) is 0.621. The Hall–Kier alpha value is -1.59. The molecule has 1 heterocycles. The minimum atomic E-state index is -0.843. The summed E-state index contributed by atoms with van der Waals surface area (Å²) in [7, 11) is 1.52. The molecule has 0 radical (unpaired) electrons. The lowest BCUT2D eigenvalue weighted by Crippen LogP contribution is -2.00. The van der Waals surface area contributed by atoms with Crippen LogP contribution in [0.1, 0.15) is 17.4 Å². The Kier molecular flexibility index (Phi) is 3.07. The second-order valence-electron chi connectivity index (χ2n) is 3.19. The van der Waals surface area contributed by atoms with Gasteiger partial charge in [-0.05, 0) is 17.7 Å². The van der Waals surface area contributed by atoms with Crippen molar-refractivity contribution in [2.24, 2.45) is 0 Å². The van der Waals surface area contributed by atoms with E-state index in [-0.39, 0.29) is 0 Å². The number of aromatic nitrogens is 3. The van der Waals surface area contributed by atoms with Crippen LogP contribution in [-0.4, -0.2) is 27.6 Å². The molecule has 2 rings (SSSR count). The van der Waals surface area contributed by atoms with E-state index in [1.165, 1.54) is 13.3 Å². The monoisotopic (exact) mass is 239 g/mol. The number of benzene rings is 1. The van der Waals surface area contributed by atoms with Gasteiger partial charge in [-0.15, -0.1) is 0 Å². The van der Waals surface area contributed by atoms with E-state index in [0.717, 1.165) is 0 Å². The predicted molar refractivity (Wildman–Crippen MR) is 58.4 cm³/mol. The van der Waals surface area contributed by atoms with E-state index in [0.29, 0.717) is 22.0 Å². The number of aliphatic hydroxyl groups is 1. The molecule has 0 aliphatic rings. The molecule has 1 atom stereocenters. The average molecular weight is 240 g/mol. The SMILES string of the molecule is COc1cc(C(O)c2cn[nH]n2)ccc1Cl. The number of ether oxygens (including phenoxy) is 1. The van der Waals surface area contributed by atoms with E-state index in [9.17, 15) is 5.11 Å². The van der Waals surface area contributed by atoms with Crippen LogP contribution in [0.4, 0.5) is 0 Å². The smallest absolute Gasteiger partial charge is 0.137 e. The number of aromatic amines is 1. The summed E-state index contributed by atoms with van der Waals surface area (Å²) in [5.74, 6) is 0.515. The zero-order chi connectivity index (χ0) is 11.5. The number of H-pyrrole nitrogens is 1. The normalized spacial score (nSPS) is 12.4. The maximum absolute atomic E-state index is 9.97. The summed E-state index contributed by atoms with van der Waals surface area (Å²) in [6.45, 7) is 0. The Labute approximate surface area is 97.0 Å². The van der Waals surface area contributed by atoms with Gasteiger partial charge in [-0.3, -0.25) is 0 Å². The van der Waals surface area contributed by atoms with Crippen LogP contribution in [0.3, 0.4) is 0 Å². The minimum Gasteiger partial charge on any atom is -0.495 e. The molecule has 0 bridgehead atoms. The number of halogens is 1. The molecule has 6 heteroatoms. The molecular formula is C10H10ClN3O2. The first kappa shape index (κ1) is 10.9. The molecule has 16 heavy (non-hydrogen) atoms. The van der Waals surface area contributed by atoms with Crippen LogP contribution in [0, 0.1) is 0 Å². The summed E-state index contributed by atoms with van der Waals surface area (Å²) < 4.78 is 5.07. The highest BCUT2D eigenvalue weighted by Crippen LogP contribution is 2.29. The summed E-state index contributed by atoms with van der Waals surface area (Å²) in [4.78, 5) is 0. The first-order valence-electron chi connectivity index (χ1n) is 4.59. The number of methoxy groups -OCH3 is 1. The fraction of sp³-hybridized carbons (Fsp3) is 0.200. The van der Waals surface area contributed by atoms with E-state index >= 15 is 0 Å². The number of hydrogen-bond acceptors (Lipinski definition) is 4. The lowest BCUT2D eigenvalue weighted by Gasteiger charge is -2.10. The molecule has 84 valence electrons. The first-order chi connectivity index (χ1) is 7.72. The molecule has 0 amide bonds. The van der Waals surface area contributed by atoms with Crippen molar-refractivity contribution in [2.75, 3.05) is 7.11 Å². The van der Waals surface area contributed by atoms with Crippen LogP contribution < -0.4 is 4.74 Å². The van der Waals surface area contributed by atoms with Crippen LogP contribution in [0.2, 0.25) is 5.02 Å². The zero-order valence-electron chi connectivity index (χ0n) is 8.51. The van der Waals surface area contributed by atoms with E-state index in [1.807, 2.05) is 0 Å². The van der Waals surface area contributed by atoms with Crippen molar-refractivity contribution in [1.82, 2.24) is 15.4 Å². The van der Waals surface area contributed by atoms with E-state index in [4.69, 9.17) is 16.3 Å². The summed E-state index contributed by atoms with van der Waals surface area (Å²) in [5.41, 5.74) is 1.10. The van der Waals surface area contributed by atoms with Crippen molar-refractivity contribution in [3.63, 3.8) is 0 Å². The molecule has 0 aliphatic carbocycles. The molecule has 0 spiro atoms. The Morgan fingerprint density at radius 1 is 1.50 bits per heavy atom. The van der Waals surface area contributed by atoms with Gasteiger partial charge in [0, 0.05) is 0 Å². The predicted octanol–water partition coefficient (Wildman–Crippen LogP) is 1.55. The molecular weight excluding hydrogens is 230 g/mol. The summed E-state index contributed by atoms with van der Waals surface area (Å²) in [5, 5.41) is 20.4. The number of aliphatic hydroxyl groups excluding tert-OH is 1. The van der Waals surface area contributed by atoms with Crippen molar-refractivity contribution in [3.05, 3.63) is 40.7 Å². The van der Waals surface area contributed by atoms with Crippen molar-refractivity contribution < 1.29 is 9.84 Å². The maximum atomic E-state index is 9.97. The topological polar surface area (TPSA) is 71.0 Å². The molecule has 0 saturated carbocycles. The number of nitrogens with zero attached hydrogens (tertiary/aromatic N) is 2. The number of hydrogen-bond donors (Lipinski definition) is 2. The third-order valence-electron chi connectivity index (χ3n) is 2.20. The third-order valence-corrected chi connectivity index (χ3v) is 2.52. The van der Waals surface area contributed by atoms with Crippen LogP contribution in [0.5, 0.6) is 5.75 Å². The molecule has 0 fully saturated rings. The first-order valence-corrected chi connectivity index (χ1v) is 4.97. The molecule has 1 aromatic carbocycles. The van der Waals surface area contributed by atoms with E-state index in [1.54, 1.807) is 18.2 Å². The third kappa shape index (κ3) is 2.00. The molecule has 1 unspecified atom stereocenters. The fourth-order valence-corrected chi connectivity index (χ4v) is 1.55. The standard InChI is InChI=1S/C10H10ClN3O2/c1-16-9-4-6(2-3-7(9)11)10(15)8-5-12-14-13-8/h2-5,10,15H,1H3,(H,12,13,14). The molecule has 0 saturated heterocycles. The summed E-state index contributed by atoms with van der Waals surface area (Å²) >= 11 is 5.89. The molecule has 2 N–H and O–H groups in total. The highest BCUT2D eigenvalue weighted by atomic mass is 35.5. The second kappa shape index (κ2) is 4.51. The minimum absolute atomic E-state index is 0.448. The van der Waals surface area contributed by atoms with Crippen molar-refractivity contribution in [2.45, 2.75) is 6.10 Å². The lowest BCUT2D eigenvalue weighted by molar-refractivity contribution is 0.214. The van der Waals surface area contributed by atoms with Gasteiger partial charge in [0.2, 0.25) is 0 Å². The van der Waals surface area contributed by atoms with Gasteiger partial charge in [0.25, 0.3) is 0 Å². The molecule has 0 aliphatic heterocycles. The zero-order valence-corrected chi connectivity index (χ0v) is 9.27. The summed E-state index contributed by atoms with van der Waals surface area (Å²) in [6, 6.07) is 5.05. The largest absolute Gasteiger partial charge is 0.495 e. The van der Waals surface area contributed by atoms with Gasteiger partial charge in [0.15, 0.2) is 0 Å². The van der Waals surface area contributed by atoms with Crippen LogP contribution in [0.25, 0.3) is 0 Å². The highest BCUT2D eigenvalue weighted by molar-refractivity contribution is 6.32. The maximum Gasteiger partial charge on any atom is 0.137 e. The lowest BCUT2D eigenvalue weighted by atomic mass is 10.1. The Morgan fingerprint density at radius 3 is 2.94 bits per heavy atom. The van der Waals surface area contributed by atoms with Crippen molar-refractivity contribution >= 4 is 11.6 Å². The van der Waals surface area contributed by atoms with Gasteiger partial charge in [-0.2, -0.15) is 15.4 Å². The molecule has 5 nitrogen and oxygen atoms in total. The van der Waals surface area contributed by atoms with Gasteiger partial charge in [-0.1, -0.05) is 17.7 Å². The van der Waals surface area contributed by atoms with Crippen LogP contribution in [0.15, 0.2) is 24.4 Å². The van der Waals surface area contributed by atoms with Gasteiger partial charge in [0.1, 0.15) is 17.5 Å². The van der Waals surface area contributed by atoms with Gasteiger partial charge in [0.05, 0.1) is 18.3 Å². The Morgan fingerprint density at radius 2 is 2.31 bits per heavy atom. The van der Waals surface area contributed by atoms with Crippen LogP contribution in [-0.2, 0) is 0 Å². The second-order valence-corrected chi connectivity index (χ2v) is 3.60. The number of rotatable bonds is 3. The molecule has 2 aromatic rings. The Bertz CT molecular complexity index is 473. The van der Waals surface area contributed by atoms with Crippen LogP contribution >= 0.6 is 11.6 Å². The van der Waals surface area contributed by atoms with E-state index in [2.05, 4.69) is 15.4 Å². The van der Waals surface area contributed by atoms with Gasteiger partial charge in [-0.25, -0.2) is 0 Å². The highest BCUT2D eigenvalue weighted by Gasteiger charge is 2.14. The van der Waals surface area contributed by atoms with Gasteiger partial charge >= 0.3 is 0 Å². The van der Waals surface area contributed by atoms with Crippen molar-refractivity contribution in [3.8, 4) is 5.75 Å². The fourth-order valence-electron chi connectivity index (χ4n) is 1.36. The Balaban J connectivity index is 2.34. The van der Waals surface area contributed by atoms with E-state index < -0.39 is 6.10 Å².